The van der Waals surface area contributed by atoms with Crippen molar-refractivity contribution in [2.75, 3.05) is 5.73 Å². The molecule has 0 spiro atoms. The van der Waals surface area contributed by atoms with Gasteiger partial charge in [0.2, 0.25) is 5.71 Å². The fraction of sp³-hybridized carbons (Fsp3) is 0.0714. The van der Waals surface area contributed by atoms with Crippen molar-refractivity contribution in [2.24, 2.45) is 5.16 Å². The van der Waals surface area contributed by atoms with E-state index in [9.17, 15) is 9.59 Å². The van der Waals surface area contributed by atoms with Crippen LogP contribution in [0.15, 0.2) is 39.1 Å². The maximum Gasteiger partial charge on any atom is 0.375 e. The number of thiazole rings is 2. The average Bonchev–Trinajstić information content (AvgIpc) is 3.18. The molecule has 8 nitrogen and oxygen atoms in total. The summed E-state index contributed by atoms with van der Waals surface area (Å²) < 4.78 is 6.67. The Hall–Kier alpha value is -2.50. The fourth-order valence-corrected chi connectivity index (χ4v) is 3.81. The number of benzene rings is 1. The van der Waals surface area contributed by atoms with Gasteiger partial charge in [0.05, 0.1) is 10.2 Å². The van der Waals surface area contributed by atoms with E-state index >= 15 is 0 Å². The molecule has 0 atom stereocenters. The zero-order valence-corrected chi connectivity index (χ0v) is 15.1. The molecule has 128 valence electrons. The highest BCUT2D eigenvalue weighted by Crippen LogP contribution is 2.30. The molecule has 0 radical (unpaired) electrons. The molecule has 0 aliphatic carbocycles. The third-order valence-corrected chi connectivity index (χ3v) is 5.11. The van der Waals surface area contributed by atoms with E-state index in [0.29, 0.717) is 4.34 Å². The normalized spacial score (nSPS) is 11.5. The van der Waals surface area contributed by atoms with Crippen molar-refractivity contribution in [1.29, 1.82) is 0 Å². The van der Waals surface area contributed by atoms with E-state index in [1.165, 1.54) is 16.7 Å². The third kappa shape index (κ3) is 4.32. The van der Waals surface area contributed by atoms with Crippen LogP contribution in [0.2, 0.25) is 0 Å². The molecule has 2 N–H and O–H groups in total. The summed E-state index contributed by atoms with van der Waals surface area (Å²) in [6.07, 6.45) is 0. The number of nitrogens with zero attached hydrogens (tertiary/aromatic N) is 3. The number of rotatable bonds is 5. The van der Waals surface area contributed by atoms with Crippen molar-refractivity contribution < 1.29 is 18.6 Å². The zero-order valence-electron chi connectivity index (χ0n) is 12.7. The summed E-state index contributed by atoms with van der Waals surface area (Å²) in [5.74, 6) is -1.50. The van der Waals surface area contributed by atoms with Crippen molar-refractivity contribution in [3.63, 3.8) is 0 Å². The fourth-order valence-electron chi connectivity index (χ4n) is 1.69. The minimum absolute atomic E-state index is 0.165. The van der Waals surface area contributed by atoms with Gasteiger partial charge in [-0.25, -0.2) is 19.6 Å². The Kier molecular flexibility index (Phi) is 5.26. The molecule has 0 aliphatic heterocycles. The highest BCUT2D eigenvalue weighted by atomic mass is 32.2. The molecule has 0 aliphatic rings. The standard InChI is InChI=1S/C14H10N4O4S3/c1-7(19)21-18-11(9-6-23-13(15)16-9)12(20)22-25-14-17-8-4-2-3-5-10(8)24-14/h2-6H,1H3,(H2,15,16)/b18-11+. The predicted octanol–water partition coefficient (Wildman–Crippen LogP) is 2.85. The van der Waals surface area contributed by atoms with Gasteiger partial charge in [-0.05, 0) is 12.1 Å². The van der Waals surface area contributed by atoms with Gasteiger partial charge < -0.3 is 14.8 Å². The number of anilines is 1. The number of carbonyl (C=O) groups excluding carboxylic acids is 2. The van der Waals surface area contributed by atoms with E-state index in [1.54, 1.807) is 0 Å². The molecule has 2 aromatic heterocycles. The Balaban J connectivity index is 1.75. The van der Waals surface area contributed by atoms with E-state index in [1.807, 2.05) is 24.3 Å². The Bertz CT molecular complexity index is 933. The monoisotopic (exact) mass is 394 g/mol. The van der Waals surface area contributed by atoms with Crippen molar-refractivity contribution in [3.05, 3.63) is 35.3 Å². The van der Waals surface area contributed by atoms with Gasteiger partial charge in [-0.2, -0.15) is 0 Å². The third-order valence-electron chi connectivity index (χ3n) is 2.69. The average molecular weight is 394 g/mol. The van der Waals surface area contributed by atoms with Crippen molar-refractivity contribution >= 4 is 67.7 Å². The van der Waals surface area contributed by atoms with E-state index in [4.69, 9.17) is 9.92 Å². The molecular weight excluding hydrogens is 384 g/mol. The number of hydrogen-bond acceptors (Lipinski definition) is 11. The molecule has 0 saturated heterocycles. The van der Waals surface area contributed by atoms with Crippen molar-refractivity contribution in [1.82, 2.24) is 9.97 Å². The van der Waals surface area contributed by atoms with Crippen LogP contribution in [0.3, 0.4) is 0 Å². The van der Waals surface area contributed by atoms with Gasteiger partial charge in [0, 0.05) is 12.3 Å². The first-order chi connectivity index (χ1) is 12.0. The molecule has 0 amide bonds. The second-order valence-electron chi connectivity index (χ2n) is 4.50. The van der Waals surface area contributed by atoms with Crippen LogP contribution in [-0.4, -0.2) is 27.6 Å². The first kappa shape index (κ1) is 17.3. The van der Waals surface area contributed by atoms with Crippen LogP contribution in [-0.2, 0) is 18.6 Å². The lowest BCUT2D eigenvalue weighted by Crippen LogP contribution is -2.18. The number of carbonyl (C=O) groups is 2. The van der Waals surface area contributed by atoms with Crippen LogP contribution in [0, 0.1) is 0 Å². The molecule has 3 aromatic rings. The molecule has 0 saturated carbocycles. The first-order valence-electron chi connectivity index (χ1n) is 6.74. The number of nitrogen functional groups attached to an aromatic ring is 1. The Morgan fingerprint density at radius 1 is 1.28 bits per heavy atom. The van der Waals surface area contributed by atoms with Crippen LogP contribution in [0.1, 0.15) is 12.6 Å². The number of oxime groups is 1. The molecule has 11 heteroatoms. The maximum atomic E-state index is 12.3. The molecular formula is C14H10N4O4S3. The second-order valence-corrected chi connectivity index (χ2v) is 7.39. The van der Waals surface area contributed by atoms with Crippen molar-refractivity contribution in [3.8, 4) is 0 Å². The first-order valence-corrected chi connectivity index (χ1v) is 9.18. The lowest BCUT2D eigenvalue weighted by atomic mass is 10.3. The summed E-state index contributed by atoms with van der Waals surface area (Å²) >= 11 is 3.31. The van der Waals surface area contributed by atoms with Gasteiger partial charge in [-0.1, -0.05) is 17.3 Å². The predicted molar refractivity (Wildman–Crippen MR) is 96.4 cm³/mol. The van der Waals surface area contributed by atoms with Gasteiger partial charge in [-0.3, -0.25) is 0 Å². The van der Waals surface area contributed by atoms with Gasteiger partial charge in [0.15, 0.2) is 9.47 Å². The molecule has 0 fully saturated rings. The molecule has 1 aromatic carbocycles. The van der Waals surface area contributed by atoms with Crippen LogP contribution in [0.4, 0.5) is 5.13 Å². The van der Waals surface area contributed by atoms with Crippen LogP contribution in [0.25, 0.3) is 10.2 Å². The quantitative estimate of drug-likeness (QED) is 0.304. The van der Waals surface area contributed by atoms with E-state index in [-0.39, 0.29) is 16.5 Å². The zero-order chi connectivity index (χ0) is 17.8. The number of fused-ring (bicyclic) bond motifs is 1. The minimum Gasteiger partial charge on any atom is -0.379 e. The lowest BCUT2D eigenvalue weighted by molar-refractivity contribution is -0.141. The van der Waals surface area contributed by atoms with E-state index in [2.05, 4.69) is 20.0 Å². The second kappa shape index (κ2) is 7.59. The summed E-state index contributed by atoms with van der Waals surface area (Å²) in [5, 5.41) is 5.28. The van der Waals surface area contributed by atoms with Crippen LogP contribution in [0.5, 0.6) is 0 Å². The topological polar surface area (TPSA) is 117 Å². The number of para-hydroxylation sites is 1. The Morgan fingerprint density at radius 2 is 2.08 bits per heavy atom. The smallest absolute Gasteiger partial charge is 0.375 e. The van der Waals surface area contributed by atoms with Gasteiger partial charge >= 0.3 is 11.9 Å². The number of nitrogens with two attached hydrogens (primary N) is 1. The van der Waals surface area contributed by atoms with Crippen LogP contribution >= 0.6 is 34.7 Å². The molecule has 2 heterocycles. The van der Waals surface area contributed by atoms with Gasteiger partial charge in [0.1, 0.15) is 17.7 Å². The SMILES string of the molecule is CC(=O)O/N=C(/C(=O)OSc1nc2ccccc2s1)c1csc(N)n1. The lowest BCUT2D eigenvalue weighted by Gasteiger charge is -2.01. The molecule has 25 heavy (non-hydrogen) atoms. The highest BCUT2D eigenvalue weighted by molar-refractivity contribution is 7.97. The largest absolute Gasteiger partial charge is 0.379 e. The molecule has 0 bridgehead atoms. The summed E-state index contributed by atoms with van der Waals surface area (Å²) in [4.78, 5) is 36.1. The summed E-state index contributed by atoms with van der Waals surface area (Å²) in [7, 11) is 0. The van der Waals surface area contributed by atoms with Gasteiger partial charge in [-0.15, -0.1) is 22.7 Å². The molecule has 0 unspecified atom stereocenters. The molecule has 3 rings (SSSR count). The van der Waals surface area contributed by atoms with E-state index < -0.39 is 11.9 Å². The number of aromatic nitrogens is 2. The Labute approximate surface area is 153 Å². The summed E-state index contributed by atoms with van der Waals surface area (Å²) in [6, 6.07) is 7.56. The van der Waals surface area contributed by atoms with Crippen molar-refractivity contribution in [2.45, 2.75) is 11.3 Å². The van der Waals surface area contributed by atoms with Gasteiger partial charge in [0.25, 0.3) is 0 Å². The van der Waals surface area contributed by atoms with Crippen LogP contribution < -0.4 is 5.73 Å². The van der Waals surface area contributed by atoms with E-state index in [0.717, 1.165) is 40.5 Å². The summed E-state index contributed by atoms with van der Waals surface area (Å²) in [5.41, 5.74) is 6.28. The Morgan fingerprint density at radius 3 is 2.76 bits per heavy atom. The highest BCUT2D eigenvalue weighted by Gasteiger charge is 2.22. The maximum absolute atomic E-state index is 12.3. The minimum atomic E-state index is -0.823. The summed E-state index contributed by atoms with van der Waals surface area (Å²) in [6.45, 7) is 1.16. The number of hydrogen-bond donors (Lipinski definition) is 1.